The lowest BCUT2D eigenvalue weighted by atomic mass is 10.2. The van der Waals surface area contributed by atoms with E-state index >= 15 is 0 Å². The molecule has 0 aliphatic carbocycles. The van der Waals surface area contributed by atoms with Crippen LogP contribution in [0, 0.1) is 0 Å². The first-order valence-electron chi connectivity index (χ1n) is 8.43. The predicted octanol–water partition coefficient (Wildman–Crippen LogP) is 2.82. The van der Waals surface area contributed by atoms with Crippen LogP contribution >= 0.6 is 0 Å². The zero-order valence-corrected chi connectivity index (χ0v) is 15.2. The summed E-state index contributed by atoms with van der Waals surface area (Å²) in [7, 11) is 5.61. The Hall–Kier alpha value is -2.38. The molecule has 7 nitrogen and oxygen atoms in total. The van der Waals surface area contributed by atoms with Crippen molar-refractivity contribution in [2.24, 2.45) is 4.99 Å². The number of rotatable bonds is 6. The van der Waals surface area contributed by atoms with Gasteiger partial charge in [0, 0.05) is 27.2 Å². The van der Waals surface area contributed by atoms with Crippen LogP contribution in [0.1, 0.15) is 30.8 Å². The third-order valence-corrected chi connectivity index (χ3v) is 4.27. The number of imidazole rings is 1. The van der Waals surface area contributed by atoms with Crippen molar-refractivity contribution in [2.45, 2.75) is 26.1 Å². The van der Waals surface area contributed by atoms with E-state index < -0.39 is 0 Å². The normalized spacial score (nSPS) is 17.4. The van der Waals surface area contributed by atoms with Crippen LogP contribution in [0.3, 0.4) is 0 Å². The molecule has 0 bridgehead atoms. The van der Waals surface area contributed by atoms with E-state index in [9.17, 15) is 0 Å². The molecule has 25 heavy (non-hydrogen) atoms. The zero-order chi connectivity index (χ0) is 17.8. The lowest BCUT2D eigenvalue weighted by Gasteiger charge is -2.32. The molecule has 0 N–H and O–H groups in total. The van der Waals surface area contributed by atoms with Gasteiger partial charge in [0.1, 0.15) is 17.8 Å². The fourth-order valence-corrected chi connectivity index (χ4v) is 2.76. The molecular formula is C18H25N5O2. The third-order valence-electron chi connectivity index (χ3n) is 4.27. The second-order valence-corrected chi connectivity index (χ2v) is 6.04. The molecule has 7 heteroatoms. The van der Waals surface area contributed by atoms with Crippen LogP contribution in [0.15, 0.2) is 35.6 Å². The van der Waals surface area contributed by atoms with Crippen molar-refractivity contribution < 1.29 is 9.47 Å². The number of hydrogen-bond acceptors (Lipinski definition) is 6. The highest BCUT2D eigenvalue weighted by molar-refractivity contribution is 5.61. The molecule has 2 heterocycles. The standard InChI is InChI=1S/C18H25N5O2/c1-5-10-25-18-16-17(19-12-21(2)22(18)3)20-13-23(16)11-14-6-8-15(24-4)9-7-14/h6-9,12-13,18H,5,10-11H2,1-4H3. The van der Waals surface area contributed by atoms with E-state index in [4.69, 9.17) is 9.47 Å². The first kappa shape index (κ1) is 17.4. The van der Waals surface area contributed by atoms with Crippen LogP contribution in [0.2, 0.25) is 0 Å². The van der Waals surface area contributed by atoms with Crippen LogP contribution in [0.25, 0.3) is 0 Å². The van der Waals surface area contributed by atoms with Crippen LogP contribution in [-0.2, 0) is 11.3 Å². The molecular weight excluding hydrogens is 318 g/mol. The summed E-state index contributed by atoms with van der Waals surface area (Å²) in [6.07, 6.45) is 4.31. The predicted molar refractivity (Wildman–Crippen MR) is 97.0 cm³/mol. The molecule has 0 saturated carbocycles. The van der Waals surface area contributed by atoms with Gasteiger partial charge in [-0.25, -0.2) is 9.98 Å². The highest BCUT2D eigenvalue weighted by Gasteiger charge is 2.29. The quantitative estimate of drug-likeness (QED) is 0.807. The minimum absolute atomic E-state index is 0.233. The van der Waals surface area contributed by atoms with E-state index in [1.807, 2.05) is 42.6 Å². The molecule has 1 aromatic heterocycles. The topological polar surface area (TPSA) is 55.1 Å². The minimum Gasteiger partial charge on any atom is -0.497 e. The van der Waals surface area contributed by atoms with E-state index in [-0.39, 0.29) is 6.23 Å². The van der Waals surface area contributed by atoms with E-state index in [2.05, 4.69) is 33.6 Å². The molecule has 0 spiro atoms. The van der Waals surface area contributed by atoms with Crippen molar-refractivity contribution in [3.05, 3.63) is 41.9 Å². The number of aromatic nitrogens is 2. The Balaban J connectivity index is 1.92. The average Bonchev–Trinajstić information content (AvgIpc) is 2.97. The first-order valence-corrected chi connectivity index (χ1v) is 8.43. The number of aliphatic imine (C=N–C) groups is 1. The summed E-state index contributed by atoms with van der Waals surface area (Å²) < 4.78 is 13.4. The summed E-state index contributed by atoms with van der Waals surface area (Å²) in [6, 6.07) is 8.05. The zero-order valence-electron chi connectivity index (χ0n) is 15.2. The maximum atomic E-state index is 6.12. The van der Waals surface area contributed by atoms with Crippen molar-refractivity contribution >= 4 is 12.2 Å². The Morgan fingerprint density at radius 1 is 1.16 bits per heavy atom. The Bertz CT molecular complexity index is 726. The summed E-state index contributed by atoms with van der Waals surface area (Å²) in [4.78, 5) is 8.97. The number of ether oxygens (including phenoxy) is 2. The maximum absolute atomic E-state index is 6.12. The fraction of sp³-hybridized carbons (Fsp3) is 0.444. The fourth-order valence-electron chi connectivity index (χ4n) is 2.76. The first-order chi connectivity index (χ1) is 12.1. The molecule has 0 amide bonds. The Kier molecular flexibility index (Phi) is 5.35. The summed E-state index contributed by atoms with van der Waals surface area (Å²) >= 11 is 0. The third kappa shape index (κ3) is 3.67. The van der Waals surface area contributed by atoms with Gasteiger partial charge in [-0.3, -0.25) is 5.01 Å². The monoisotopic (exact) mass is 343 g/mol. The SMILES string of the molecule is CCCOC1c2c(ncn2Cc2ccc(OC)cc2)N=CN(C)N1C. The summed E-state index contributed by atoms with van der Waals surface area (Å²) in [5.74, 6) is 1.55. The number of hydrazine groups is 1. The highest BCUT2D eigenvalue weighted by Crippen LogP contribution is 2.32. The molecule has 0 fully saturated rings. The summed E-state index contributed by atoms with van der Waals surface area (Å²) in [5.41, 5.74) is 2.13. The highest BCUT2D eigenvalue weighted by atomic mass is 16.5. The van der Waals surface area contributed by atoms with Gasteiger partial charge in [-0.1, -0.05) is 19.1 Å². The second-order valence-electron chi connectivity index (χ2n) is 6.04. The lowest BCUT2D eigenvalue weighted by molar-refractivity contribution is -0.117. The van der Waals surface area contributed by atoms with Gasteiger partial charge in [0.2, 0.25) is 0 Å². The smallest absolute Gasteiger partial charge is 0.179 e. The van der Waals surface area contributed by atoms with Gasteiger partial charge in [-0.15, -0.1) is 0 Å². The van der Waals surface area contributed by atoms with Crippen molar-refractivity contribution in [3.63, 3.8) is 0 Å². The van der Waals surface area contributed by atoms with E-state index in [1.165, 1.54) is 5.56 Å². The van der Waals surface area contributed by atoms with E-state index in [1.54, 1.807) is 13.4 Å². The van der Waals surface area contributed by atoms with Crippen molar-refractivity contribution in [1.29, 1.82) is 0 Å². The van der Waals surface area contributed by atoms with Gasteiger partial charge in [0.25, 0.3) is 0 Å². The molecule has 2 aromatic rings. The second kappa shape index (κ2) is 7.67. The molecule has 0 saturated heterocycles. The molecule has 1 atom stereocenters. The van der Waals surface area contributed by atoms with E-state index in [0.29, 0.717) is 19.0 Å². The van der Waals surface area contributed by atoms with Crippen molar-refractivity contribution in [1.82, 2.24) is 19.6 Å². The summed E-state index contributed by atoms with van der Waals surface area (Å²) in [6.45, 7) is 3.48. The molecule has 3 rings (SSSR count). The van der Waals surface area contributed by atoms with Crippen LogP contribution in [0.4, 0.5) is 5.82 Å². The lowest BCUT2D eigenvalue weighted by Crippen LogP contribution is -2.39. The van der Waals surface area contributed by atoms with Gasteiger partial charge in [-0.2, -0.15) is 5.01 Å². The van der Waals surface area contributed by atoms with Crippen molar-refractivity contribution in [3.8, 4) is 5.75 Å². The Labute approximate surface area is 148 Å². The van der Waals surface area contributed by atoms with Crippen molar-refractivity contribution in [2.75, 3.05) is 27.8 Å². The number of fused-ring (bicyclic) bond motifs is 1. The molecule has 1 aromatic carbocycles. The molecule has 1 aliphatic rings. The average molecular weight is 343 g/mol. The number of nitrogens with zero attached hydrogens (tertiary/aromatic N) is 5. The number of hydrogen-bond donors (Lipinski definition) is 0. The van der Waals surface area contributed by atoms with Crippen LogP contribution < -0.4 is 4.74 Å². The molecule has 134 valence electrons. The Morgan fingerprint density at radius 3 is 2.60 bits per heavy atom. The number of methoxy groups -OCH3 is 1. The van der Waals surface area contributed by atoms with E-state index in [0.717, 1.165) is 17.9 Å². The Morgan fingerprint density at radius 2 is 1.92 bits per heavy atom. The minimum atomic E-state index is -0.233. The molecule has 0 radical (unpaired) electrons. The molecule has 1 aliphatic heterocycles. The number of benzene rings is 1. The van der Waals surface area contributed by atoms with Gasteiger partial charge in [0.05, 0.1) is 13.4 Å². The largest absolute Gasteiger partial charge is 0.497 e. The van der Waals surface area contributed by atoms with Gasteiger partial charge in [0.15, 0.2) is 12.0 Å². The van der Waals surface area contributed by atoms with Crippen LogP contribution in [-0.4, -0.2) is 53.7 Å². The summed E-state index contributed by atoms with van der Waals surface area (Å²) in [5, 5.41) is 3.94. The van der Waals surface area contributed by atoms with Crippen LogP contribution in [0.5, 0.6) is 5.75 Å². The molecule has 1 unspecified atom stereocenters. The van der Waals surface area contributed by atoms with Gasteiger partial charge in [-0.05, 0) is 24.1 Å². The van der Waals surface area contributed by atoms with Gasteiger partial charge >= 0.3 is 0 Å². The maximum Gasteiger partial charge on any atom is 0.179 e. The van der Waals surface area contributed by atoms with Gasteiger partial charge < -0.3 is 14.0 Å².